The molecule has 1 aromatic heterocycles. The molecule has 0 bridgehead atoms. The molecule has 0 saturated carbocycles. The lowest BCUT2D eigenvalue weighted by Gasteiger charge is -2.26. The van der Waals surface area contributed by atoms with Gasteiger partial charge in [0.25, 0.3) is 0 Å². The molecule has 0 spiro atoms. The van der Waals surface area contributed by atoms with Crippen LogP contribution in [0.25, 0.3) is 48.7 Å². The molecule has 9 aromatic rings. The number of anilines is 6. The van der Waals surface area contributed by atoms with Gasteiger partial charge in [0.05, 0.1) is 0 Å². The minimum atomic E-state index is 1.08. The third-order valence-electron chi connectivity index (χ3n) is 11.4. The Kier molecular flexibility index (Phi) is 10.8. The van der Waals surface area contributed by atoms with Crippen LogP contribution in [0.15, 0.2) is 243 Å². The Hall–Kier alpha value is -7.46. The average molecular weight is 801 g/mol. The van der Waals surface area contributed by atoms with Gasteiger partial charge in [-0.05, 0) is 142 Å². The number of benzene rings is 8. The summed E-state index contributed by atoms with van der Waals surface area (Å²) in [7, 11) is 0. The first-order chi connectivity index (χ1) is 30.2. The Morgan fingerprint density at radius 1 is 0.295 bits per heavy atom. The zero-order valence-electron chi connectivity index (χ0n) is 33.8. The standard InChI is InChI=1S/C58H44N2S/c1-5-13-43(14-6-1)45-21-31-53(32-22-45)60(54-33-23-46(24-34-54)44-15-7-2-8-16-44)55-37-27-48(28-38-55)47-25-35-52(36-26-47)59(51-19-11-4-12-20-51)56-39-29-50(30-40-56)58-42-41-57(61-58)49-17-9-3-10-18-49/h1-7,9-15,17-42H,8,16H2. The predicted molar refractivity (Wildman–Crippen MR) is 262 cm³/mol. The zero-order chi connectivity index (χ0) is 40.8. The third-order valence-corrected chi connectivity index (χ3v) is 12.6. The third kappa shape index (κ3) is 8.25. The Bertz CT molecular complexity index is 2890. The number of para-hydroxylation sites is 1. The molecule has 0 atom stereocenters. The molecule has 1 aliphatic carbocycles. The van der Waals surface area contributed by atoms with Crippen molar-refractivity contribution in [2.45, 2.75) is 12.8 Å². The van der Waals surface area contributed by atoms with Gasteiger partial charge in [0, 0.05) is 43.9 Å². The molecule has 0 unspecified atom stereocenters. The molecule has 292 valence electrons. The summed E-state index contributed by atoms with van der Waals surface area (Å²) in [6, 6.07) is 81.0. The van der Waals surface area contributed by atoms with Gasteiger partial charge in [-0.15, -0.1) is 11.3 Å². The van der Waals surface area contributed by atoms with E-state index in [1.807, 2.05) is 11.3 Å². The van der Waals surface area contributed by atoms with Crippen LogP contribution >= 0.6 is 11.3 Å². The van der Waals surface area contributed by atoms with Crippen LogP contribution in [0.3, 0.4) is 0 Å². The molecular formula is C58H44N2S. The molecule has 1 aliphatic rings. The van der Waals surface area contributed by atoms with Crippen molar-refractivity contribution in [3.05, 3.63) is 248 Å². The van der Waals surface area contributed by atoms with Crippen LogP contribution in [0.4, 0.5) is 34.1 Å². The molecular weight excluding hydrogens is 757 g/mol. The highest BCUT2D eigenvalue weighted by molar-refractivity contribution is 7.18. The molecule has 0 radical (unpaired) electrons. The van der Waals surface area contributed by atoms with Gasteiger partial charge in [-0.3, -0.25) is 0 Å². The Morgan fingerprint density at radius 2 is 0.623 bits per heavy atom. The average Bonchev–Trinajstić information content (AvgIpc) is 3.85. The van der Waals surface area contributed by atoms with E-state index in [-0.39, 0.29) is 0 Å². The number of hydrogen-bond acceptors (Lipinski definition) is 3. The lowest BCUT2D eigenvalue weighted by Crippen LogP contribution is -2.10. The van der Waals surface area contributed by atoms with Gasteiger partial charge in [-0.1, -0.05) is 158 Å². The Morgan fingerprint density at radius 3 is 1.03 bits per heavy atom. The van der Waals surface area contributed by atoms with Gasteiger partial charge in [-0.2, -0.15) is 0 Å². The Balaban J connectivity index is 0.926. The van der Waals surface area contributed by atoms with Gasteiger partial charge in [0.1, 0.15) is 0 Å². The van der Waals surface area contributed by atoms with Crippen molar-refractivity contribution in [1.82, 2.24) is 0 Å². The van der Waals surface area contributed by atoms with Gasteiger partial charge in [-0.25, -0.2) is 0 Å². The van der Waals surface area contributed by atoms with Crippen molar-refractivity contribution in [2.75, 3.05) is 9.80 Å². The van der Waals surface area contributed by atoms with Crippen LogP contribution < -0.4 is 9.80 Å². The summed E-state index contributed by atoms with van der Waals surface area (Å²) in [6.07, 6.45) is 8.83. The Labute approximate surface area is 363 Å². The van der Waals surface area contributed by atoms with Crippen molar-refractivity contribution in [1.29, 1.82) is 0 Å². The molecule has 0 N–H and O–H groups in total. The van der Waals surface area contributed by atoms with E-state index in [2.05, 4.69) is 252 Å². The first kappa shape index (κ1) is 37.8. The van der Waals surface area contributed by atoms with Crippen LogP contribution in [0, 0.1) is 0 Å². The summed E-state index contributed by atoms with van der Waals surface area (Å²) in [5.74, 6) is 0. The quantitative estimate of drug-likeness (QED) is 0.129. The molecule has 0 fully saturated rings. The zero-order valence-corrected chi connectivity index (χ0v) is 34.6. The van der Waals surface area contributed by atoms with E-state index >= 15 is 0 Å². The number of allylic oxidation sites excluding steroid dienone is 4. The highest BCUT2D eigenvalue weighted by Gasteiger charge is 2.16. The molecule has 0 amide bonds. The molecule has 0 aliphatic heterocycles. The van der Waals surface area contributed by atoms with E-state index in [0.29, 0.717) is 0 Å². The number of hydrogen-bond donors (Lipinski definition) is 0. The van der Waals surface area contributed by atoms with Crippen LogP contribution in [0.2, 0.25) is 0 Å². The highest BCUT2D eigenvalue weighted by Crippen LogP contribution is 2.41. The predicted octanol–water partition coefficient (Wildman–Crippen LogP) is 17.1. The SMILES string of the molecule is C1=CCCC(c2ccc(N(c3ccc(-c4ccccc4)cc3)c3ccc(-c4ccc(N(c5ccccc5)c5ccc(-c6ccc(-c7ccccc7)s6)cc5)cc4)cc3)cc2)=C1. The van der Waals surface area contributed by atoms with Gasteiger partial charge >= 0.3 is 0 Å². The summed E-state index contributed by atoms with van der Waals surface area (Å²) in [4.78, 5) is 7.22. The second-order valence-electron chi connectivity index (χ2n) is 15.3. The largest absolute Gasteiger partial charge is 0.311 e. The topological polar surface area (TPSA) is 6.48 Å². The van der Waals surface area contributed by atoms with Crippen molar-refractivity contribution >= 4 is 51.0 Å². The first-order valence-corrected chi connectivity index (χ1v) is 21.8. The summed E-state index contributed by atoms with van der Waals surface area (Å²) >= 11 is 1.83. The lowest BCUT2D eigenvalue weighted by atomic mass is 9.97. The van der Waals surface area contributed by atoms with Crippen LogP contribution in [-0.2, 0) is 0 Å². The minimum absolute atomic E-state index is 1.08. The van der Waals surface area contributed by atoms with E-state index in [0.717, 1.165) is 47.0 Å². The highest BCUT2D eigenvalue weighted by atomic mass is 32.1. The molecule has 10 rings (SSSR count). The fourth-order valence-electron chi connectivity index (χ4n) is 8.20. The number of rotatable bonds is 11. The summed E-state index contributed by atoms with van der Waals surface area (Å²) in [5, 5.41) is 0. The first-order valence-electron chi connectivity index (χ1n) is 21.0. The van der Waals surface area contributed by atoms with Gasteiger partial charge in [0.2, 0.25) is 0 Å². The molecule has 8 aromatic carbocycles. The van der Waals surface area contributed by atoms with Crippen molar-refractivity contribution < 1.29 is 0 Å². The van der Waals surface area contributed by atoms with Crippen LogP contribution in [0.1, 0.15) is 18.4 Å². The molecule has 2 nitrogen and oxygen atoms in total. The number of thiophene rings is 1. The van der Waals surface area contributed by atoms with E-state index in [9.17, 15) is 0 Å². The maximum absolute atomic E-state index is 2.35. The molecule has 1 heterocycles. The maximum atomic E-state index is 2.35. The van der Waals surface area contributed by atoms with E-state index in [1.165, 1.54) is 54.3 Å². The smallest absolute Gasteiger partial charge is 0.0462 e. The molecule has 0 saturated heterocycles. The monoisotopic (exact) mass is 800 g/mol. The van der Waals surface area contributed by atoms with Gasteiger partial charge in [0.15, 0.2) is 0 Å². The summed E-state index contributed by atoms with van der Waals surface area (Å²) in [5.41, 5.74) is 16.6. The minimum Gasteiger partial charge on any atom is -0.311 e. The van der Waals surface area contributed by atoms with E-state index in [4.69, 9.17) is 0 Å². The van der Waals surface area contributed by atoms with Crippen molar-refractivity contribution in [3.8, 4) is 43.1 Å². The fourth-order valence-corrected chi connectivity index (χ4v) is 9.22. The van der Waals surface area contributed by atoms with Gasteiger partial charge < -0.3 is 9.80 Å². The second-order valence-corrected chi connectivity index (χ2v) is 16.4. The van der Waals surface area contributed by atoms with E-state index < -0.39 is 0 Å². The maximum Gasteiger partial charge on any atom is 0.0462 e. The molecule has 3 heteroatoms. The van der Waals surface area contributed by atoms with Crippen LogP contribution in [-0.4, -0.2) is 0 Å². The van der Waals surface area contributed by atoms with Crippen molar-refractivity contribution in [3.63, 3.8) is 0 Å². The summed E-state index contributed by atoms with van der Waals surface area (Å²) < 4.78 is 0. The van der Waals surface area contributed by atoms with E-state index in [1.54, 1.807) is 0 Å². The van der Waals surface area contributed by atoms with Crippen molar-refractivity contribution in [2.24, 2.45) is 0 Å². The lowest BCUT2D eigenvalue weighted by molar-refractivity contribution is 1.05. The molecule has 61 heavy (non-hydrogen) atoms. The number of nitrogens with zero attached hydrogens (tertiary/aromatic N) is 2. The second kappa shape index (κ2) is 17.4. The normalized spacial score (nSPS) is 12.2. The fraction of sp³-hybridized carbons (Fsp3) is 0.0345. The van der Waals surface area contributed by atoms with Crippen LogP contribution in [0.5, 0.6) is 0 Å². The summed E-state index contributed by atoms with van der Waals surface area (Å²) in [6.45, 7) is 0.